The Kier molecular flexibility index (Phi) is 7.47. The Balaban J connectivity index is 1.54. The van der Waals surface area contributed by atoms with Gasteiger partial charge in [0.15, 0.2) is 5.82 Å². The van der Waals surface area contributed by atoms with Gasteiger partial charge in [-0.15, -0.1) is 0 Å². The van der Waals surface area contributed by atoms with Crippen molar-refractivity contribution in [3.8, 4) is 0 Å². The summed E-state index contributed by atoms with van der Waals surface area (Å²) in [5, 5.41) is 9.02. The summed E-state index contributed by atoms with van der Waals surface area (Å²) in [5.41, 5.74) is -0.248. The first-order valence-electron chi connectivity index (χ1n) is 10.3. The minimum absolute atomic E-state index is 0.0194. The number of aromatic nitrogens is 2. The van der Waals surface area contributed by atoms with Gasteiger partial charge >= 0.3 is 6.18 Å². The topological polar surface area (TPSA) is 97.1 Å². The zero-order valence-electron chi connectivity index (χ0n) is 18.1. The van der Waals surface area contributed by atoms with E-state index in [9.17, 15) is 22.8 Å². The molecule has 0 saturated heterocycles. The molecule has 0 saturated carbocycles. The third-order valence-corrected chi connectivity index (χ3v) is 4.65. The van der Waals surface area contributed by atoms with Crippen LogP contribution in [0.3, 0.4) is 0 Å². The molecule has 3 aromatic rings. The molecule has 1 aromatic heterocycles. The maximum atomic E-state index is 12.9. The quantitative estimate of drug-likeness (QED) is 0.468. The standard InChI is InChI=1S/C23H23F3N4O3/c1-14(2)21-29-20(33-30-21)11-5-10-19(31)27-17-8-3-6-15(12-17)22(32)28-18-9-4-7-16(13-18)23(24,25)26/h3-4,6-9,12-14H,5,10-11H2,1-2H3,(H,27,31)(H,28,32). The van der Waals surface area contributed by atoms with Gasteiger partial charge in [0.05, 0.1) is 5.56 Å². The van der Waals surface area contributed by atoms with Crippen LogP contribution in [0, 0.1) is 0 Å². The van der Waals surface area contributed by atoms with E-state index in [1.54, 1.807) is 12.1 Å². The lowest BCUT2D eigenvalue weighted by Gasteiger charge is -2.11. The molecule has 0 spiro atoms. The molecule has 0 fully saturated rings. The maximum Gasteiger partial charge on any atom is 0.416 e. The number of nitrogens with zero attached hydrogens (tertiary/aromatic N) is 2. The van der Waals surface area contributed by atoms with Crippen LogP contribution in [0.5, 0.6) is 0 Å². The van der Waals surface area contributed by atoms with Gasteiger partial charge in [-0.1, -0.05) is 31.1 Å². The Morgan fingerprint density at radius 1 is 1.03 bits per heavy atom. The molecule has 0 aliphatic rings. The highest BCUT2D eigenvalue weighted by Gasteiger charge is 2.30. The first kappa shape index (κ1) is 24.0. The number of nitrogens with one attached hydrogen (secondary N) is 2. The lowest BCUT2D eigenvalue weighted by atomic mass is 10.1. The van der Waals surface area contributed by atoms with Crippen LogP contribution in [0.15, 0.2) is 53.1 Å². The summed E-state index contributed by atoms with van der Waals surface area (Å²) in [6.07, 6.45) is -3.33. The molecule has 10 heteroatoms. The van der Waals surface area contributed by atoms with Crippen molar-refractivity contribution in [2.45, 2.75) is 45.2 Å². The normalized spacial score (nSPS) is 11.5. The molecule has 0 bridgehead atoms. The average molecular weight is 460 g/mol. The molecule has 0 aliphatic heterocycles. The predicted octanol–water partition coefficient (Wildman–Crippen LogP) is 5.43. The molecule has 1 heterocycles. The summed E-state index contributed by atoms with van der Waals surface area (Å²) >= 11 is 0. The van der Waals surface area contributed by atoms with Crippen LogP contribution in [-0.4, -0.2) is 22.0 Å². The van der Waals surface area contributed by atoms with Crippen LogP contribution in [0.2, 0.25) is 0 Å². The number of anilines is 2. The van der Waals surface area contributed by atoms with Crippen LogP contribution in [-0.2, 0) is 17.4 Å². The van der Waals surface area contributed by atoms with Crippen molar-refractivity contribution < 1.29 is 27.3 Å². The molecule has 0 atom stereocenters. The van der Waals surface area contributed by atoms with Gasteiger partial charge in [0.1, 0.15) is 0 Å². The van der Waals surface area contributed by atoms with Gasteiger partial charge in [0.25, 0.3) is 5.91 Å². The molecule has 7 nitrogen and oxygen atoms in total. The highest BCUT2D eigenvalue weighted by Crippen LogP contribution is 2.30. The maximum absolute atomic E-state index is 12.9. The van der Waals surface area contributed by atoms with E-state index in [4.69, 9.17) is 4.52 Å². The van der Waals surface area contributed by atoms with Crippen molar-refractivity contribution in [3.63, 3.8) is 0 Å². The van der Waals surface area contributed by atoms with Crippen molar-refractivity contribution in [1.82, 2.24) is 10.1 Å². The lowest BCUT2D eigenvalue weighted by molar-refractivity contribution is -0.137. The highest BCUT2D eigenvalue weighted by atomic mass is 19.4. The number of rotatable bonds is 8. The minimum atomic E-state index is -4.51. The van der Waals surface area contributed by atoms with Gasteiger partial charge in [0, 0.05) is 35.7 Å². The fourth-order valence-corrected chi connectivity index (χ4v) is 2.94. The molecule has 33 heavy (non-hydrogen) atoms. The number of carbonyl (C=O) groups excluding carboxylic acids is 2. The molecule has 0 unspecified atom stereocenters. The zero-order chi connectivity index (χ0) is 24.0. The number of carbonyl (C=O) groups is 2. The van der Waals surface area contributed by atoms with Crippen molar-refractivity contribution in [1.29, 1.82) is 0 Å². The molecule has 2 amide bonds. The molecular weight excluding hydrogens is 437 g/mol. The van der Waals surface area contributed by atoms with Crippen LogP contribution in [0.1, 0.15) is 60.2 Å². The minimum Gasteiger partial charge on any atom is -0.339 e. The van der Waals surface area contributed by atoms with Gasteiger partial charge in [-0.05, 0) is 42.8 Å². The van der Waals surface area contributed by atoms with E-state index in [2.05, 4.69) is 20.8 Å². The van der Waals surface area contributed by atoms with Crippen LogP contribution >= 0.6 is 0 Å². The van der Waals surface area contributed by atoms with Gasteiger partial charge in [0.2, 0.25) is 11.8 Å². The van der Waals surface area contributed by atoms with Crippen molar-refractivity contribution in [2.24, 2.45) is 0 Å². The summed E-state index contributed by atoms with van der Waals surface area (Å²) in [5.74, 6) is 0.398. The van der Waals surface area contributed by atoms with Crippen molar-refractivity contribution in [3.05, 3.63) is 71.4 Å². The number of aryl methyl sites for hydroxylation is 1. The largest absolute Gasteiger partial charge is 0.416 e. The third-order valence-electron chi connectivity index (χ3n) is 4.65. The van der Waals surface area contributed by atoms with Gasteiger partial charge < -0.3 is 15.2 Å². The monoisotopic (exact) mass is 460 g/mol. The number of hydrogen-bond acceptors (Lipinski definition) is 5. The summed E-state index contributed by atoms with van der Waals surface area (Å²) in [6.45, 7) is 3.91. The van der Waals surface area contributed by atoms with Crippen LogP contribution in [0.4, 0.5) is 24.5 Å². The van der Waals surface area contributed by atoms with E-state index in [0.717, 1.165) is 12.1 Å². The van der Waals surface area contributed by atoms with E-state index < -0.39 is 17.6 Å². The van der Waals surface area contributed by atoms with E-state index in [0.29, 0.717) is 30.2 Å². The second kappa shape index (κ2) is 10.3. The Hall–Kier alpha value is -3.69. The Bertz CT molecular complexity index is 1130. The second-order valence-corrected chi connectivity index (χ2v) is 7.72. The van der Waals surface area contributed by atoms with Crippen molar-refractivity contribution >= 4 is 23.2 Å². The first-order valence-corrected chi connectivity index (χ1v) is 10.3. The number of alkyl halides is 3. The summed E-state index contributed by atoms with van der Waals surface area (Å²) in [6, 6.07) is 10.5. The molecule has 0 aliphatic carbocycles. The van der Waals surface area contributed by atoms with E-state index in [1.807, 2.05) is 13.8 Å². The summed E-state index contributed by atoms with van der Waals surface area (Å²) < 4.78 is 43.7. The summed E-state index contributed by atoms with van der Waals surface area (Å²) in [4.78, 5) is 29.0. The van der Waals surface area contributed by atoms with Crippen LogP contribution < -0.4 is 10.6 Å². The van der Waals surface area contributed by atoms with Crippen molar-refractivity contribution in [2.75, 3.05) is 10.6 Å². The molecule has 0 radical (unpaired) electrons. The van der Waals surface area contributed by atoms with Crippen LogP contribution in [0.25, 0.3) is 0 Å². The fourth-order valence-electron chi connectivity index (χ4n) is 2.94. The van der Waals surface area contributed by atoms with Gasteiger partial charge in [-0.3, -0.25) is 9.59 Å². The zero-order valence-corrected chi connectivity index (χ0v) is 18.1. The average Bonchev–Trinajstić information content (AvgIpc) is 3.23. The molecule has 3 rings (SSSR count). The Labute approximate surface area is 188 Å². The summed E-state index contributed by atoms with van der Waals surface area (Å²) in [7, 11) is 0. The predicted molar refractivity (Wildman–Crippen MR) is 116 cm³/mol. The fraction of sp³-hybridized carbons (Fsp3) is 0.304. The first-order chi connectivity index (χ1) is 15.6. The second-order valence-electron chi connectivity index (χ2n) is 7.72. The molecule has 2 N–H and O–H groups in total. The smallest absolute Gasteiger partial charge is 0.339 e. The van der Waals surface area contributed by atoms with Gasteiger partial charge in [-0.2, -0.15) is 18.2 Å². The Morgan fingerprint density at radius 3 is 2.39 bits per heavy atom. The Morgan fingerprint density at radius 2 is 1.73 bits per heavy atom. The molecule has 174 valence electrons. The number of amides is 2. The lowest BCUT2D eigenvalue weighted by Crippen LogP contribution is -2.15. The third kappa shape index (κ3) is 6.90. The highest BCUT2D eigenvalue weighted by molar-refractivity contribution is 6.05. The van der Waals surface area contributed by atoms with Gasteiger partial charge in [-0.25, -0.2) is 0 Å². The van der Waals surface area contributed by atoms with E-state index >= 15 is 0 Å². The number of halogens is 3. The number of benzene rings is 2. The molecule has 2 aromatic carbocycles. The number of hydrogen-bond donors (Lipinski definition) is 2. The van der Waals surface area contributed by atoms with E-state index in [1.165, 1.54) is 24.3 Å². The SMILES string of the molecule is CC(C)c1noc(CCCC(=O)Nc2cccc(C(=O)Nc3cccc(C(F)(F)F)c3)c2)n1. The van der Waals surface area contributed by atoms with E-state index in [-0.39, 0.29) is 29.5 Å². The molecular formula is C23H23F3N4O3.